The molecule has 1 amide bonds. The monoisotopic (exact) mass is 356 g/mol. The molecular formula is C15H11F3N2O3S. The third-order valence-corrected chi connectivity index (χ3v) is 3.90. The van der Waals surface area contributed by atoms with Crippen LogP contribution in [-0.2, 0) is 11.0 Å². The summed E-state index contributed by atoms with van der Waals surface area (Å²) in [6.45, 7) is 0. The van der Waals surface area contributed by atoms with Gasteiger partial charge in [0.2, 0.25) is 5.91 Å². The zero-order valence-corrected chi connectivity index (χ0v) is 12.9. The standard InChI is InChI=1S/C15H11F3N2O3S/c16-15(17,18)10-2-1-3-11(8-10)19-14(21)9-24-13-6-4-12(5-7-13)20(22)23/h1-8H,9H2,(H,19,21). The lowest BCUT2D eigenvalue weighted by atomic mass is 10.2. The van der Waals surface area contributed by atoms with Crippen LogP contribution in [0.15, 0.2) is 53.4 Å². The molecule has 0 aliphatic carbocycles. The van der Waals surface area contributed by atoms with Crippen molar-refractivity contribution in [2.45, 2.75) is 11.1 Å². The van der Waals surface area contributed by atoms with Crippen LogP contribution in [0.25, 0.3) is 0 Å². The smallest absolute Gasteiger partial charge is 0.325 e. The average molecular weight is 356 g/mol. The first-order chi connectivity index (χ1) is 11.3. The number of alkyl halides is 3. The number of halogens is 3. The van der Waals surface area contributed by atoms with Crippen LogP contribution in [0.4, 0.5) is 24.5 Å². The van der Waals surface area contributed by atoms with Gasteiger partial charge in [0.25, 0.3) is 5.69 Å². The highest BCUT2D eigenvalue weighted by atomic mass is 32.2. The molecule has 0 aliphatic rings. The molecule has 9 heteroatoms. The second-order valence-electron chi connectivity index (χ2n) is 4.67. The van der Waals surface area contributed by atoms with Gasteiger partial charge in [-0.1, -0.05) is 6.07 Å². The first-order valence-electron chi connectivity index (χ1n) is 6.60. The number of benzene rings is 2. The van der Waals surface area contributed by atoms with Gasteiger partial charge in [0.15, 0.2) is 0 Å². The largest absolute Gasteiger partial charge is 0.416 e. The number of amides is 1. The van der Waals surface area contributed by atoms with Crippen LogP contribution in [0.3, 0.4) is 0 Å². The number of non-ortho nitro benzene ring substituents is 1. The molecule has 0 aromatic heterocycles. The van der Waals surface area contributed by atoms with Crippen LogP contribution in [0.5, 0.6) is 0 Å². The van der Waals surface area contributed by atoms with Gasteiger partial charge in [-0.2, -0.15) is 13.2 Å². The first kappa shape index (κ1) is 17.8. The quantitative estimate of drug-likeness (QED) is 0.491. The normalized spacial score (nSPS) is 11.1. The molecule has 0 bridgehead atoms. The SMILES string of the molecule is O=C(CSc1ccc([N+](=O)[O-])cc1)Nc1cccc(C(F)(F)F)c1. The van der Waals surface area contributed by atoms with Crippen molar-refractivity contribution in [2.24, 2.45) is 0 Å². The van der Waals surface area contributed by atoms with E-state index in [2.05, 4.69) is 5.32 Å². The number of carbonyl (C=O) groups is 1. The minimum absolute atomic E-state index is 0.0337. The molecule has 0 saturated heterocycles. The summed E-state index contributed by atoms with van der Waals surface area (Å²) in [6.07, 6.45) is -4.48. The number of nitrogens with one attached hydrogen (secondary N) is 1. The Labute approximate surface area is 139 Å². The van der Waals surface area contributed by atoms with Gasteiger partial charge >= 0.3 is 6.18 Å². The van der Waals surface area contributed by atoms with Crippen LogP contribution in [0.2, 0.25) is 0 Å². The zero-order valence-electron chi connectivity index (χ0n) is 12.0. The maximum absolute atomic E-state index is 12.6. The highest BCUT2D eigenvalue weighted by molar-refractivity contribution is 8.00. The van der Waals surface area contributed by atoms with E-state index in [1.807, 2.05) is 0 Å². The molecule has 2 rings (SSSR count). The van der Waals surface area contributed by atoms with E-state index in [1.54, 1.807) is 0 Å². The summed E-state index contributed by atoms with van der Waals surface area (Å²) in [6, 6.07) is 9.97. The molecule has 0 aliphatic heterocycles. The number of nitro benzene ring substituents is 1. The summed E-state index contributed by atoms with van der Waals surface area (Å²) in [5, 5.41) is 12.9. The second kappa shape index (κ2) is 7.35. The summed E-state index contributed by atoms with van der Waals surface area (Å²) in [7, 11) is 0. The van der Waals surface area contributed by atoms with Crippen LogP contribution in [-0.4, -0.2) is 16.6 Å². The maximum atomic E-state index is 12.6. The van der Waals surface area contributed by atoms with Gasteiger partial charge in [0, 0.05) is 22.7 Å². The van der Waals surface area contributed by atoms with E-state index in [0.29, 0.717) is 4.90 Å². The van der Waals surface area contributed by atoms with Crippen molar-refractivity contribution in [1.82, 2.24) is 0 Å². The summed E-state index contributed by atoms with van der Waals surface area (Å²) in [5.41, 5.74) is -0.852. The molecule has 0 heterocycles. The number of anilines is 1. The minimum atomic E-state index is -4.48. The Morgan fingerprint density at radius 3 is 2.42 bits per heavy atom. The first-order valence-corrected chi connectivity index (χ1v) is 7.58. The van der Waals surface area contributed by atoms with E-state index in [-0.39, 0.29) is 17.1 Å². The minimum Gasteiger partial charge on any atom is -0.325 e. The highest BCUT2D eigenvalue weighted by Gasteiger charge is 2.30. The van der Waals surface area contributed by atoms with Gasteiger partial charge in [0.05, 0.1) is 16.2 Å². The lowest BCUT2D eigenvalue weighted by Gasteiger charge is -2.09. The third-order valence-electron chi connectivity index (χ3n) is 2.89. The van der Waals surface area contributed by atoms with E-state index in [9.17, 15) is 28.1 Å². The van der Waals surface area contributed by atoms with Crippen molar-refractivity contribution in [2.75, 3.05) is 11.1 Å². The van der Waals surface area contributed by atoms with Gasteiger partial charge in [-0.15, -0.1) is 11.8 Å². The molecule has 0 fully saturated rings. The summed E-state index contributed by atoms with van der Waals surface area (Å²) >= 11 is 1.12. The maximum Gasteiger partial charge on any atom is 0.416 e. The predicted molar refractivity (Wildman–Crippen MR) is 83.9 cm³/mol. The summed E-state index contributed by atoms with van der Waals surface area (Å²) in [5.74, 6) is -0.508. The molecule has 2 aromatic carbocycles. The molecule has 2 aromatic rings. The Hall–Kier alpha value is -2.55. The van der Waals surface area contributed by atoms with Gasteiger partial charge in [-0.25, -0.2) is 0 Å². The highest BCUT2D eigenvalue weighted by Crippen LogP contribution is 2.30. The van der Waals surface area contributed by atoms with Gasteiger partial charge < -0.3 is 5.32 Å². The van der Waals surface area contributed by atoms with Gasteiger partial charge in [0.1, 0.15) is 0 Å². The van der Waals surface area contributed by atoms with E-state index in [0.717, 1.165) is 23.9 Å². The molecular weight excluding hydrogens is 345 g/mol. The number of rotatable bonds is 5. The van der Waals surface area contributed by atoms with Crippen molar-refractivity contribution < 1.29 is 22.9 Å². The Morgan fingerprint density at radius 1 is 1.17 bits per heavy atom. The molecule has 0 spiro atoms. The average Bonchev–Trinajstić information content (AvgIpc) is 2.53. The number of hydrogen-bond acceptors (Lipinski definition) is 4. The van der Waals surface area contributed by atoms with Crippen LogP contribution in [0.1, 0.15) is 5.56 Å². The fourth-order valence-corrected chi connectivity index (χ4v) is 2.48. The lowest BCUT2D eigenvalue weighted by Crippen LogP contribution is -2.15. The van der Waals surface area contributed by atoms with Crippen molar-refractivity contribution in [1.29, 1.82) is 0 Å². The number of carbonyl (C=O) groups excluding carboxylic acids is 1. The molecule has 5 nitrogen and oxygen atoms in total. The van der Waals surface area contributed by atoms with Crippen LogP contribution >= 0.6 is 11.8 Å². The van der Waals surface area contributed by atoms with Crippen molar-refractivity contribution in [3.8, 4) is 0 Å². The van der Waals surface area contributed by atoms with Crippen LogP contribution in [0, 0.1) is 10.1 Å². The molecule has 0 saturated carbocycles. The zero-order chi connectivity index (χ0) is 17.7. The van der Waals surface area contributed by atoms with E-state index in [4.69, 9.17) is 0 Å². The Balaban J connectivity index is 1.93. The second-order valence-corrected chi connectivity index (χ2v) is 5.72. The number of nitro groups is 1. The van der Waals surface area contributed by atoms with Crippen molar-refractivity contribution in [3.63, 3.8) is 0 Å². The topological polar surface area (TPSA) is 72.2 Å². The van der Waals surface area contributed by atoms with E-state index < -0.39 is 22.6 Å². The molecule has 0 unspecified atom stereocenters. The van der Waals surface area contributed by atoms with Crippen molar-refractivity contribution in [3.05, 3.63) is 64.2 Å². The molecule has 126 valence electrons. The number of thioether (sulfide) groups is 1. The van der Waals surface area contributed by atoms with Gasteiger partial charge in [-0.05, 0) is 30.3 Å². The van der Waals surface area contributed by atoms with Crippen molar-refractivity contribution >= 4 is 29.0 Å². The fraction of sp³-hybridized carbons (Fsp3) is 0.133. The Kier molecular flexibility index (Phi) is 5.45. The third kappa shape index (κ3) is 4.98. The summed E-state index contributed by atoms with van der Waals surface area (Å²) in [4.78, 5) is 22.4. The Bertz CT molecular complexity index is 748. The number of hydrogen-bond donors (Lipinski definition) is 1. The molecule has 0 radical (unpaired) electrons. The predicted octanol–water partition coefficient (Wildman–Crippen LogP) is 4.34. The van der Waals surface area contributed by atoms with E-state index >= 15 is 0 Å². The molecule has 1 N–H and O–H groups in total. The van der Waals surface area contributed by atoms with Gasteiger partial charge in [-0.3, -0.25) is 14.9 Å². The fourth-order valence-electron chi connectivity index (χ4n) is 1.78. The molecule has 0 atom stereocenters. The Morgan fingerprint density at radius 2 is 1.83 bits per heavy atom. The molecule has 24 heavy (non-hydrogen) atoms. The number of nitrogens with zero attached hydrogens (tertiary/aromatic N) is 1. The lowest BCUT2D eigenvalue weighted by molar-refractivity contribution is -0.384. The summed E-state index contributed by atoms with van der Waals surface area (Å²) < 4.78 is 37.8. The van der Waals surface area contributed by atoms with E-state index in [1.165, 1.54) is 36.4 Å². The van der Waals surface area contributed by atoms with Crippen LogP contribution < -0.4 is 5.32 Å².